The Morgan fingerprint density at radius 1 is 0.677 bits per heavy atom. The highest BCUT2D eigenvalue weighted by Gasteiger charge is 2.52. The monoisotopic (exact) mass is 410 g/mol. The van der Waals surface area contributed by atoms with Gasteiger partial charge in [-0.25, -0.2) is 0 Å². The van der Waals surface area contributed by atoms with Gasteiger partial charge < -0.3 is 13.7 Å². The Balaban J connectivity index is 1.62. The van der Waals surface area contributed by atoms with Crippen molar-refractivity contribution in [1.29, 1.82) is 0 Å². The fraction of sp³-hybridized carbons (Fsp3) is 0.333. The van der Waals surface area contributed by atoms with Crippen LogP contribution in [0, 0.1) is 0 Å². The molecule has 2 aliphatic rings. The van der Waals surface area contributed by atoms with E-state index in [1.165, 1.54) is 22.3 Å². The lowest BCUT2D eigenvalue weighted by atomic mass is 9.76. The summed E-state index contributed by atoms with van der Waals surface area (Å²) in [5.74, 6) is 0. The zero-order valence-corrected chi connectivity index (χ0v) is 19.0. The second-order valence-corrected chi connectivity index (χ2v) is 10.5. The summed E-state index contributed by atoms with van der Waals surface area (Å²) in [6, 6.07) is 19.4. The topological polar surface area (TPSA) is 31.6 Å². The quantitative estimate of drug-likeness (QED) is 0.351. The normalized spacial score (nSPS) is 20.4. The molecule has 0 atom stereocenters. The molecule has 6 rings (SSSR count). The van der Waals surface area contributed by atoms with Crippen molar-refractivity contribution in [2.75, 3.05) is 0 Å². The highest BCUT2D eigenvalue weighted by Crippen LogP contribution is 2.50. The van der Waals surface area contributed by atoms with E-state index in [9.17, 15) is 0 Å². The van der Waals surface area contributed by atoms with Crippen molar-refractivity contribution in [3.63, 3.8) is 0 Å². The Kier molecular flexibility index (Phi) is 3.59. The van der Waals surface area contributed by atoms with Crippen molar-refractivity contribution in [3.05, 3.63) is 65.7 Å². The minimum Gasteiger partial charge on any atom is -0.456 e. The van der Waals surface area contributed by atoms with Crippen LogP contribution in [0.15, 0.2) is 59.0 Å². The van der Waals surface area contributed by atoms with Gasteiger partial charge >= 0.3 is 7.12 Å². The first-order valence-corrected chi connectivity index (χ1v) is 11.1. The van der Waals surface area contributed by atoms with Crippen LogP contribution in [0.2, 0.25) is 0 Å². The Morgan fingerprint density at radius 3 is 2.13 bits per heavy atom. The van der Waals surface area contributed by atoms with E-state index < -0.39 is 7.12 Å². The van der Waals surface area contributed by atoms with Gasteiger partial charge in [0.25, 0.3) is 0 Å². The Hall–Kier alpha value is -2.56. The van der Waals surface area contributed by atoms with Gasteiger partial charge in [-0.2, -0.15) is 0 Å². The van der Waals surface area contributed by atoms with Gasteiger partial charge in [0, 0.05) is 16.2 Å². The van der Waals surface area contributed by atoms with E-state index in [2.05, 4.69) is 84.0 Å². The van der Waals surface area contributed by atoms with Gasteiger partial charge in [-0.1, -0.05) is 50.2 Å². The zero-order valence-electron chi connectivity index (χ0n) is 19.0. The highest BCUT2D eigenvalue weighted by molar-refractivity contribution is 6.66. The third kappa shape index (κ3) is 2.43. The summed E-state index contributed by atoms with van der Waals surface area (Å²) in [6.45, 7) is 12.9. The molecule has 0 bridgehead atoms. The molecule has 0 amide bonds. The van der Waals surface area contributed by atoms with E-state index in [1.807, 2.05) is 12.1 Å². The van der Waals surface area contributed by atoms with Crippen LogP contribution in [0.1, 0.15) is 52.7 Å². The zero-order chi connectivity index (χ0) is 21.8. The molecule has 1 aliphatic carbocycles. The summed E-state index contributed by atoms with van der Waals surface area (Å²) in [4.78, 5) is 0. The minimum atomic E-state index is -0.425. The van der Waals surface area contributed by atoms with Crippen molar-refractivity contribution in [1.82, 2.24) is 0 Å². The van der Waals surface area contributed by atoms with E-state index in [-0.39, 0.29) is 16.6 Å². The third-order valence-corrected chi connectivity index (χ3v) is 7.74. The van der Waals surface area contributed by atoms with Crippen LogP contribution in [0.4, 0.5) is 0 Å². The second kappa shape index (κ2) is 5.82. The van der Waals surface area contributed by atoms with E-state index in [4.69, 9.17) is 13.7 Å². The lowest BCUT2D eigenvalue weighted by molar-refractivity contribution is 0.00578. The van der Waals surface area contributed by atoms with Crippen LogP contribution in [0.3, 0.4) is 0 Å². The number of rotatable bonds is 1. The SMILES string of the molecule is CC1(C)c2ccccc2-c2cc3c(cc21)oc1cccc(B2OC(C)(C)C(C)(C)O2)c13. The molecule has 0 unspecified atom stereocenters. The molecule has 31 heavy (non-hydrogen) atoms. The van der Waals surface area contributed by atoms with Crippen molar-refractivity contribution in [2.24, 2.45) is 0 Å². The van der Waals surface area contributed by atoms with Gasteiger partial charge in [-0.05, 0) is 73.6 Å². The fourth-order valence-corrected chi connectivity index (χ4v) is 5.21. The average Bonchev–Trinajstić information content (AvgIpc) is 3.26. The van der Waals surface area contributed by atoms with Crippen LogP contribution < -0.4 is 5.46 Å². The van der Waals surface area contributed by atoms with Crippen molar-refractivity contribution < 1.29 is 13.7 Å². The maximum atomic E-state index is 6.39. The van der Waals surface area contributed by atoms with Gasteiger partial charge in [0.2, 0.25) is 0 Å². The van der Waals surface area contributed by atoms with Crippen molar-refractivity contribution >= 4 is 34.5 Å². The maximum absolute atomic E-state index is 6.39. The lowest BCUT2D eigenvalue weighted by Crippen LogP contribution is -2.41. The third-order valence-electron chi connectivity index (χ3n) is 7.74. The van der Waals surface area contributed by atoms with E-state index in [0.29, 0.717) is 0 Å². The number of hydrogen-bond acceptors (Lipinski definition) is 3. The Bertz CT molecular complexity index is 1360. The van der Waals surface area contributed by atoms with Gasteiger partial charge in [-0.15, -0.1) is 0 Å². The number of furan rings is 1. The summed E-state index contributed by atoms with van der Waals surface area (Å²) >= 11 is 0. The largest absolute Gasteiger partial charge is 0.495 e. The predicted molar refractivity (Wildman–Crippen MR) is 127 cm³/mol. The Morgan fingerprint density at radius 2 is 1.39 bits per heavy atom. The predicted octanol–water partition coefficient (Wildman–Crippen LogP) is 6.19. The summed E-state index contributed by atoms with van der Waals surface area (Å²) in [5, 5.41) is 2.20. The molecule has 0 spiro atoms. The van der Waals surface area contributed by atoms with E-state index >= 15 is 0 Å². The molecule has 3 nitrogen and oxygen atoms in total. The van der Waals surface area contributed by atoms with Gasteiger partial charge in [0.05, 0.1) is 11.2 Å². The first-order chi connectivity index (χ1) is 14.6. The molecule has 3 aromatic carbocycles. The molecule has 1 aromatic heterocycles. The fourth-order valence-electron chi connectivity index (χ4n) is 5.21. The van der Waals surface area contributed by atoms with Gasteiger partial charge in [-0.3, -0.25) is 0 Å². The number of benzene rings is 3. The van der Waals surface area contributed by atoms with Gasteiger partial charge in [0.1, 0.15) is 11.2 Å². The summed E-state index contributed by atoms with van der Waals surface area (Å²) < 4.78 is 19.2. The number of hydrogen-bond donors (Lipinski definition) is 0. The molecular weight excluding hydrogens is 383 g/mol. The molecule has 2 heterocycles. The number of fused-ring (bicyclic) bond motifs is 6. The first-order valence-electron chi connectivity index (χ1n) is 11.1. The molecule has 0 saturated carbocycles. The molecule has 1 fully saturated rings. The minimum absolute atomic E-state index is 0.0480. The smallest absolute Gasteiger partial charge is 0.456 e. The highest BCUT2D eigenvalue weighted by atomic mass is 16.7. The van der Waals surface area contributed by atoms with Gasteiger partial charge in [0.15, 0.2) is 0 Å². The second-order valence-electron chi connectivity index (χ2n) is 10.5. The molecular formula is C27H27BO3. The standard InChI is InChI=1S/C27H27BO3/c1-25(2)19-11-8-7-10-16(19)17-14-18-23(15-20(17)25)29-22-13-9-12-21(24(18)22)28-30-26(3,4)27(5,6)31-28/h7-15H,1-6H3. The summed E-state index contributed by atoms with van der Waals surface area (Å²) in [6.07, 6.45) is 0. The van der Waals surface area contributed by atoms with Crippen LogP contribution in [-0.2, 0) is 14.7 Å². The Labute approximate surface area is 183 Å². The van der Waals surface area contributed by atoms with Crippen LogP contribution in [-0.4, -0.2) is 18.3 Å². The van der Waals surface area contributed by atoms with E-state index in [1.54, 1.807) is 0 Å². The van der Waals surface area contributed by atoms with Crippen LogP contribution >= 0.6 is 0 Å². The average molecular weight is 410 g/mol. The molecule has 4 heteroatoms. The van der Waals surface area contributed by atoms with E-state index in [0.717, 1.165) is 27.4 Å². The maximum Gasteiger partial charge on any atom is 0.495 e. The molecule has 1 saturated heterocycles. The van der Waals surface area contributed by atoms with Crippen molar-refractivity contribution in [2.45, 2.75) is 58.2 Å². The summed E-state index contributed by atoms with van der Waals surface area (Å²) in [7, 11) is -0.425. The van der Waals surface area contributed by atoms with Crippen LogP contribution in [0.25, 0.3) is 33.1 Å². The molecule has 1 aliphatic heterocycles. The van der Waals surface area contributed by atoms with Crippen molar-refractivity contribution in [3.8, 4) is 11.1 Å². The molecule has 0 N–H and O–H groups in total. The summed E-state index contributed by atoms with van der Waals surface area (Å²) in [5.41, 5.74) is 7.29. The first kappa shape index (κ1) is 19.2. The lowest BCUT2D eigenvalue weighted by Gasteiger charge is -2.32. The molecule has 4 aromatic rings. The molecule has 156 valence electrons. The van der Waals surface area contributed by atoms with Crippen LogP contribution in [0.5, 0.6) is 0 Å². The molecule has 0 radical (unpaired) electrons.